The maximum atomic E-state index is 13.8. The summed E-state index contributed by atoms with van der Waals surface area (Å²) in [5.74, 6) is -2.72. The zero-order chi connectivity index (χ0) is 21.2. The van der Waals surface area contributed by atoms with E-state index in [1.807, 2.05) is 37.6 Å². The van der Waals surface area contributed by atoms with Gasteiger partial charge in [-0.2, -0.15) is 0 Å². The van der Waals surface area contributed by atoms with Crippen molar-refractivity contribution in [2.45, 2.75) is 57.1 Å². The molecule has 7 nitrogen and oxygen atoms in total. The molecule has 1 aromatic carbocycles. The Morgan fingerprint density at radius 3 is 2.63 bits per heavy atom. The predicted molar refractivity (Wildman–Crippen MR) is 103 cm³/mol. The van der Waals surface area contributed by atoms with Gasteiger partial charge in [0.25, 0.3) is 0 Å². The summed E-state index contributed by atoms with van der Waals surface area (Å²) in [6, 6.07) is 4.79. The Labute approximate surface area is 171 Å². The second-order valence-corrected chi connectivity index (χ2v) is 8.17. The van der Waals surface area contributed by atoms with Crippen LogP contribution in [-0.2, 0) is 14.2 Å². The lowest BCUT2D eigenvalue weighted by molar-refractivity contribution is -0.198. The van der Waals surface area contributed by atoms with Crippen molar-refractivity contribution in [3.05, 3.63) is 59.7 Å². The fraction of sp³-hybridized carbons (Fsp3) is 0.429. The summed E-state index contributed by atoms with van der Waals surface area (Å²) in [4.78, 5) is 8.63. The van der Waals surface area contributed by atoms with E-state index in [4.69, 9.17) is 19.9 Å². The molecule has 0 bridgehead atoms. The molecule has 0 amide bonds. The van der Waals surface area contributed by atoms with Crippen LogP contribution in [0, 0.1) is 18.6 Å². The van der Waals surface area contributed by atoms with E-state index in [1.54, 1.807) is 0 Å². The molecule has 2 saturated heterocycles. The van der Waals surface area contributed by atoms with Crippen LogP contribution in [0.1, 0.15) is 37.4 Å². The van der Waals surface area contributed by atoms with Gasteiger partial charge in [-0.05, 0) is 44.5 Å². The number of halogens is 2. The zero-order valence-corrected chi connectivity index (χ0v) is 16.8. The van der Waals surface area contributed by atoms with Crippen LogP contribution in [0.2, 0.25) is 0 Å². The van der Waals surface area contributed by atoms with Crippen molar-refractivity contribution in [3.63, 3.8) is 0 Å². The molecule has 2 aliphatic heterocycles. The number of rotatable bonds is 3. The monoisotopic (exact) mass is 416 g/mol. The topological polar surface area (TPSA) is 84.4 Å². The minimum Gasteiger partial charge on any atom is -0.347 e. The average Bonchev–Trinajstić information content (AvgIpc) is 3.34. The number of hydrogen-bond donors (Lipinski definition) is 1. The number of hydrogen-bond acceptors (Lipinski definition) is 6. The Bertz CT molecular complexity index is 1120. The van der Waals surface area contributed by atoms with Gasteiger partial charge in [-0.3, -0.25) is 0 Å². The molecular weight excluding hydrogens is 394 g/mol. The van der Waals surface area contributed by atoms with Crippen molar-refractivity contribution >= 4 is 11.0 Å². The first-order valence-electron chi connectivity index (χ1n) is 9.75. The molecule has 0 saturated carbocycles. The summed E-state index contributed by atoms with van der Waals surface area (Å²) in [5.41, 5.74) is 8.41. The molecule has 0 radical (unpaired) electrons. The van der Waals surface area contributed by atoms with Crippen molar-refractivity contribution in [1.29, 1.82) is 0 Å². The van der Waals surface area contributed by atoms with Crippen molar-refractivity contribution in [3.8, 4) is 0 Å². The molecule has 5 rings (SSSR count). The molecule has 4 heterocycles. The first kappa shape index (κ1) is 19.5. The van der Waals surface area contributed by atoms with Gasteiger partial charge in [-0.25, -0.2) is 18.7 Å². The Morgan fingerprint density at radius 2 is 1.87 bits per heavy atom. The highest BCUT2D eigenvalue weighted by atomic mass is 19.2. The van der Waals surface area contributed by atoms with Gasteiger partial charge in [0.2, 0.25) is 0 Å². The van der Waals surface area contributed by atoms with E-state index < -0.39 is 48.0 Å². The highest BCUT2D eigenvalue weighted by Crippen LogP contribution is 2.46. The molecule has 2 aromatic heterocycles. The van der Waals surface area contributed by atoms with Gasteiger partial charge < -0.3 is 24.5 Å². The lowest BCUT2D eigenvalue weighted by Gasteiger charge is -2.27. The SMILES string of the molecule is Cc1ncnc2c1ccn2[C@@H]1O[C@H]([C@H](N)c2ccc(F)c(F)c2)[C@H]2OC(C)(C)O[C@H]21. The summed E-state index contributed by atoms with van der Waals surface area (Å²) >= 11 is 0. The average molecular weight is 416 g/mol. The fourth-order valence-electron chi connectivity index (χ4n) is 4.33. The first-order valence-corrected chi connectivity index (χ1v) is 9.75. The quantitative estimate of drug-likeness (QED) is 0.706. The van der Waals surface area contributed by atoms with E-state index in [-0.39, 0.29) is 0 Å². The molecule has 158 valence electrons. The number of nitrogens with two attached hydrogens (primary N) is 1. The zero-order valence-electron chi connectivity index (χ0n) is 16.8. The Morgan fingerprint density at radius 1 is 1.10 bits per heavy atom. The van der Waals surface area contributed by atoms with E-state index in [0.717, 1.165) is 23.2 Å². The first-order chi connectivity index (χ1) is 14.2. The van der Waals surface area contributed by atoms with Crippen molar-refractivity contribution in [1.82, 2.24) is 14.5 Å². The van der Waals surface area contributed by atoms with Gasteiger partial charge in [-0.15, -0.1) is 0 Å². The van der Waals surface area contributed by atoms with E-state index in [0.29, 0.717) is 11.2 Å². The van der Waals surface area contributed by atoms with Crippen molar-refractivity contribution in [2.75, 3.05) is 0 Å². The number of aromatic nitrogens is 3. The third-order valence-corrected chi connectivity index (χ3v) is 5.73. The van der Waals surface area contributed by atoms with Crippen LogP contribution in [0.4, 0.5) is 8.78 Å². The molecule has 0 aliphatic carbocycles. The Kier molecular flexibility index (Phi) is 4.41. The van der Waals surface area contributed by atoms with Gasteiger partial charge in [0.1, 0.15) is 30.3 Å². The number of fused-ring (bicyclic) bond motifs is 2. The van der Waals surface area contributed by atoms with Gasteiger partial charge in [0.05, 0.1) is 11.7 Å². The summed E-state index contributed by atoms with van der Waals surface area (Å²) in [6.07, 6.45) is 1.24. The molecule has 5 atom stereocenters. The summed E-state index contributed by atoms with van der Waals surface area (Å²) in [6.45, 7) is 5.55. The maximum absolute atomic E-state index is 13.8. The van der Waals surface area contributed by atoms with Crippen LogP contribution in [-0.4, -0.2) is 38.6 Å². The van der Waals surface area contributed by atoms with E-state index in [2.05, 4.69) is 9.97 Å². The number of benzene rings is 1. The molecule has 3 aromatic rings. The Balaban J connectivity index is 1.54. The molecule has 0 unspecified atom stereocenters. The molecular formula is C21H22F2N4O3. The highest BCUT2D eigenvalue weighted by Gasteiger charge is 2.57. The van der Waals surface area contributed by atoms with Crippen LogP contribution in [0.25, 0.3) is 11.0 Å². The van der Waals surface area contributed by atoms with Crippen molar-refractivity contribution < 1.29 is 23.0 Å². The van der Waals surface area contributed by atoms with Gasteiger partial charge in [0, 0.05) is 11.6 Å². The number of ether oxygens (including phenoxy) is 3. The molecule has 9 heteroatoms. The highest BCUT2D eigenvalue weighted by molar-refractivity contribution is 5.78. The van der Waals surface area contributed by atoms with Gasteiger partial charge >= 0.3 is 0 Å². The minimum atomic E-state index is -0.957. The maximum Gasteiger partial charge on any atom is 0.164 e. The summed E-state index contributed by atoms with van der Waals surface area (Å²) < 4.78 is 47.6. The fourth-order valence-corrected chi connectivity index (χ4v) is 4.33. The molecule has 30 heavy (non-hydrogen) atoms. The van der Waals surface area contributed by atoms with E-state index >= 15 is 0 Å². The van der Waals surface area contributed by atoms with Crippen molar-refractivity contribution in [2.24, 2.45) is 5.73 Å². The third kappa shape index (κ3) is 3.01. The molecule has 2 aliphatic rings. The van der Waals surface area contributed by atoms with Crippen LogP contribution >= 0.6 is 0 Å². The predicted octanol–water partition coefficient (Wildman–Crippen LogP) is 3.14. The molecule has 2 fully saturated rings. The van der Waals surface area contributed by atoms with Crippen LogP contribution < -0.4 is 5.73 Å². The largest absolute Gasteiger partial charge is 0.347 e. The lowest BCUT2D eigenvalue weighted by Crippen LogP contribution is -2.38. The molecule has 0 spiro atoms. The number of aryl methyl sites for hydroxylation is 1. The molecule has 2 N–H and O–H groups in total. The van der Waals surface area contributed by atoms with Crippen LogP contribution in [0.5, 0.6) is 0 Å². The van der Waals surface area contributed by atoms with E-state index in [1.165, 1.54) is 12.4 Å². The van der Waals surface area contributed by atoms with Crippen LogP contribution in [0.3, 0.4) is 0 Å². The van der Waals surface area contributed by atoms with Gasteiger partial charge in [-0.1, -0.05) is 6.07 Å². The third-order valence-electron chi connectivity index (χ3n) is 5.73. The summed E-state index contributed by atoms with van der Waals surface area (Å²) in [7, 11) is 0. The standard InChI is InChI=1S/C21H22F2N4O3/c1-10-12-6-7-27(19(12)26-9-25-10)20-18-17(29-21(2,3)30-18)16(28-20)15(24)11-4-5-13(22)14(23)8-11/h4-9,15-18,20H,24H2,1-3H3/t15-,16-,17-,18-,20-/m1/s1. The lowest BCUT2D eigenvalue weighted by atomic mass is 9.97. The Hall–Kier alpha value is -2.46. The minimum absolute atomic E-state index is 0.419. The van der Waals surface area contributed by atoms with E-state index in [9.17, 15) is 8.78 Å². The normalized spacial score (nSPS) is 28.7. The van der Waals surface area contributed by atoms with Crippen LogP contribution in [0.15, 0.2) is 36.8 Å². The number of nitrogens with zero attached hydrogens (tertiary/aromatic N) is 3. The second-order valence-electron chi connectivity index (χ2n) is 8.17. The summed E-state index contributed by atoms with van der Waals surface area (Å²) in [5, 5.41) is 0.907. The smallest absolute Gasteiger partial charge is 0.164 e. The second kappa shape index (κ2) is 6.78. The van der Waals surface area contributed by atoms with Gasteiger partial charge in [0.15, 0.2) is 23.6 Å².